The van der Waals surface area contributed by atoms with Gasteiger partial charge in [0.2, 0.25) is 0 Å². The zero-order chi connectivity index (χ0) is 10.9. The Kier molecular flexibility index (Phi) is 2.34. The summed E-state index contributed by atoms with van der Waals surface area (Å²) in [5.74, 6) is -0.193. The molecular formula is C5H9N5O3S. The van der Waals surface area contributed by atoms with Crippen LogP contribution in [-0.4, -0.2) is 24.2 Å². The van der Waals surface area contributed by atoms with Crippen molar-refractivity contribution in [1.29, 1.82) is 0 Å². The first-order valence-electron chi connectivity index (χ1n) is 3.44. The lowest BCUT2D eigenvalue weighted by atomic mass is 10.7. The Balaban J connectivity index is 3.16. The number of aromatic nitrogens is 2. The Bertz CT molecular complexity index is 462. The number of carbonyl (C=O) groups is 1. The average Bonchev–Trinajstić information content (AvgIpc) is 2.27. The highest BCUT2D eigenvalue weighted by Gasteiger charge is 2.21. The Labute approximate surface area is 79.9 Å². The van der Waals surface area contributed by atoms with Gasteiger partial charge >= 0.3 is 6.03 Å². The van der Waals surface area contributed by atoms with E-state index in [0.29, 0.717) is 0 Å². The predicted molar refractivity (Wildman–Crippen MR) is 47.5 cm³/mol. The van der Waals surface area contributed by atoms with E-state index in [1.54, 1.807) is 4.72 Å². The van der Waals surface area contributed by atoms with E-state index < -0.39 is 16.1 Å². The van der Waals surface area contributed by atoms with Gasteiger partial charge < -0.3 is 11.5 Å². The number of carbonyl (C=O) groups excluding carboxylic acids is 1. The summed E-state index contributed by atoms with van der Waals surface area (Å²) in [5, 5.41) is 3.61. The monoisotopic (exact) mass is 219 g/mol. The number of rotatable bonds is 2. The zero-order valence-electron chi connectivity index (χ0n) is 7.26. The molecule has 1 rings (SSSR count). The van der Waals surface area contributed by atoms with Gasteiger partial charge in [0.1, 0.15) is 4.90 Å². The van der Waals surface area contributed by atoms with Crippen molar-refractivity contribution >= 4 is 21.9 Å². The maximum absolute atomic E-state index is 11.3. The van der Waals surface area contributed by atoms with E-state index >= 15 is 0 Å². The number of primary amides is 1. The molecule has 2 amide bonds. The molecule has 0 aromatic carbocycles. The molecule has 0 aliphatic carbocycles. The fourth-order valence-electron chi connectivity index (χ4n) is 0.878. The Morgan fingerprint density at radius 1 is 1.64 bits per heavy atom. The van der Waals surface area contributed by atoms with Crippen molar-refractivity contribution < 1.29 is 13.2 Å². The van der Waals surface area contributed by atoms with Crippen LogP contribution in [0.15, 0.2) is 11.1 Å². The molecule has 0 saturated heterocycles. The second kappa shape index (κ2) is 3.18. The number of hydrogen-bond donors (Lipinski definition) is 3. The summed E-state index contributed by atoms with van der Waals surface area (Å²) < 4.78 is 25.4. The van der Waals surface area contributed by atoms with Gasteiger partial charge in [-0.1, -0.05) is 0 Å². The van der Waals surface area contributed by atoms with Crippen LogP contribution in [0.3, 0.4) is 0 Å². The summed E-state index contributed by atoms with van der Waals surface area (Å²) in [7, 11) is -2.50. The number of nitrogen functional groups attached to an aromatic ring is 1. The lowest BCUT2D eigenvalue weighted by molar-refractivity contribution is 0.253. The lowest BCUT2D eigenvalue weighted by Crippen LogP contribution is -2.35. The number of urea groups is 1. The normalized spacial score (nSPS) is 11.2. The van der Waals surface area contributed by atoms with Crippen molar-refractivity contribution in [3.05, 3.63) is 6.20 Å². The van der Waals surface area contributed by atoms with Crippen molar-refractivity contribution in [2.24, 2.45) is 12.8 Å². The van der Waals surface area contributed by atoms with Gasteiger partial charge in [-0.3, -0.25) is 4.68 Å². The van der Waals surface area contributed by atoms with E-state index in [1.807, 2.05) is 0 Å². The number of amides is 2. The van der Waals surface area contributed by atoms with Crippen LogP contribution in [0.5, 0.6) is 0 Å². The number of sulfonamides is 1. The van der Waals surface area contributed by atoms with E-state index in [-0.39, 0.29) is 10.7 Å². The van der Waals surface area contributed by atoms with Crippen molar-refractivity contribution in [3.8, 4) is 0 Å². The van der Waals surface area contributed by atoms with E-state index in [4.69, 9.17) is 5.73 Å². The minimum atomic E-state index is -4.00. The summed E-state index contributed by atoms with van der Waals surface area (Å²) >= 11 is 0. The largest absolute Gasteiger partial charge is 0.381 e. The SMILES string of the molecule is Cn1cc(S(=O)(=O)NC(N)=O)c(N)n1. The molecule has 8 nitrogen and oxygen atoms in total. The molecule has 0 bridgehead atoms. The molecule has 0 spiro atoms. The van der Waals surface area contributed by atoms with Gasteiger partial charge in [0, 0.05) is 13.2 Å². The van der Waals surface area contributed by atoms with Crippen LogP contribution in [0.4, 0.5) is 10.6 Å². The van der Waals surface area contributed by atoms with Crippen LogP contribution in [0.2, 0.25) is 0 Å². The molecule has 0 atom stereocenters. The summed E-state index contributed by atoms with van der Waals surface area (Å²) in [4.78, 5) is 10.1. The third kappa shape index (κ3) is 1.93. The van der Waals surface area contributed by atoms with Crippen molar-refractivity contribution in [1.82, 2.24) is 14.5 Å². The summed E-state index contributed by atoms with van der Waals surface area (Å²) in [6.45, 7) is 0. The van der Waals surface area contributed by atoms with Gasteiger partial charge in [0.15, 0.2) is 5.82 Å². The summed E-state index contributed by atoms with van der Waals surface area (Å²) in [6, 6.07) is -1.17. The van der Waals surface area contributed by atoms with Crippen molar-refractivity contribution in [3.63, 3.8) is 0 Å². The number of nitrogens with zero attached hydrogens (tertiary/aromatic N) is 2. The number of nitrogens with two attached hydrogens (primary N) is 2. The van der Waals surface area contributed by atoms with Crippen LogP contribution < -0.4 is 16.2 Å². The van der Waals surface area contributed by atoms with E-state index in [0.717, 1.165) is 0 Å². The predicted octanol–water partition coefficient (Wildman–Crippen LogP) is -1.64. The van der Waals surface area contributed by atoms with E-state index in [2.05, 4.69) is 10.8 Å². The topological polar surface area (TPSA) is 133 Å². The molecule has 1 aromatic rings. The zero-order valence-corrected chi connectivity index (χ0v) is 8.08. The minimum Gasteiger partial charge on any atom is -0.381 e. The highest BCUT2D eigenvalue weighted by atomic mass is 32.2. The van der Waals surface area contributed by atoms with Crippen LogP contribution in [-0.2, 0) is 17.1 Å². The molecule has 0 radical (unpaired) electrons. The Hall–Kier alpha value is -1.77. The molecule has 1 aromatic heterocycles. The number of anilines is 1. The second-order valence-electron chi connectivity index (χ2n) is 2.52. The first-order chi connectivity index (χ1) is 6.33. The van der Waals surface area contributed by atoms with Crippen LogP contribution >= 0.6 is 0 Å². The molecule has 5 N–H and O–H groups in total. The van der Waals surface area contributed by atoms with Crippen LogP contribution in [0, 0.1) is 0 Å². The standard InChI is InChI=1S/C5H9N5O3S/c1-10-2-3(4(6)8-10)14(12,13)9-5(7)11/h2H,1H3,(H2,6,8)(H3,7,9,11). The van der Waals surface area contributed by atoms with Gasteiger partial charge in [-0.15, -0.1) is 0 Å². The van der Waals surface area contributed by atoms with E-state index in [1.165, 1.54) is 17.9 Å². The van der Waals surface area contributed by atoms with Gasteiger partial charge in [-0.25, -0.2) is 17.9 Å². The van der Waals surface area contributed by atoms with Gasteiger partial charge in [0.05, 0.1) is 0 Å². The van der Waals surface area contributed by atoms with Crippen molar-refractivity contribution in [2.45, 2.75) is 4.90 Å². The molecule has 0 saturated carbocycles. The van der Waals surface area contributed by atoms with Gasteiger partial charge in [0.25, 0.3) is 10.0 Å². The highest BCUT2D eigenvalue weighted by molar-refractivity contribution is 7.90. The maximum atomic E-state index is 11.3. The van der Waals surface area contributed by atoms with Crippen LogP contribution in [0.1, 0.15) is 0 Å². The number of aryl methyl sites for hydroxylation is 1. The molecule has 0 aliphatic heterocycles. The molecule has 9 heteroatoms. The molecule has 0 unspecified atom stereocenters. The molecule has 14 heavy (non-hydrogen) atoms. The summed E-state index contributed by atoms with van der Waals surface area (Å²) in [6.07, 6.45) is 1.17. The first-order valence-corrected chi connectivity index (χ1v) is 4.92. The maximum Gasteiger partial charge on any atom is 0.326 e. The highest BCUT2D eigenvalue weighted by Crippen LogP contribution is 2.14. The number of hydrogen-bond acceptors (Lipinski definition) is 5. The quantitative estimate of drug-likeness (QED) is 0.548. The molecule has 1 heterocycles. The molecule has 0 fully saturated rings. The van der Waals surface area contributed by atoms with Crippen molar-refractivity contribution in [2.75, 3.05) is 5.73 Å². The number of nitrogens with one attached hydrogen (secondary N) is 1. The first kappa shape index (κ1) is 10.3. The van der Waals surface area contributed by atoms with Gasteiger partial charge in [-0.2, -0.15) is 5.10 Å². The Morgan fingerprint density at radius 2 is 2.21 bits per heavy atom. The molecule has 0 aliphatic rings. The lowest BCUT2D eigenvalue weighted by Gasteiger charge is -2.00. The Morgan fingerprint density at radius 3 is 2.57 bits per heavy atom. The molecule has 78 valence electrons. The van der Waals surface area contributed by atoms with E-state index in [9.17, 15) is 13.2 Å². The average molecular weight is 219 g/mol. The third-order valence-corrected chi connectivity index (χ3v) is 2.71. The smallest absolute Gasteiger partial charge is 0.326 e. The fourth-order valence-corrected chi connectivity index (χ4v) is 1.86. The minimum absolute atomic E-state index is 0.193. The third-order valence-electron chi connectivity index (χ3n) is 1.35. The second-order valence-corrected chi connectivity index (χ2v) is 4.17. The molecular weight excluding hydrogens is 210 g/mol. The van der Waals surface area contributed by atoms with Gasteiger partial charge in [-0.05, 0) is 0 Å². The van der Waals surface area contributed by atoms with Crippen LogP contribution in [0.25, 0.3) is 0 Å². The summed E-state index contributed by atoms with van der Waals surface area (Å²) in [5.41, 5.74) is 9.98. The fraction of sp³-hybridized carbons (Fsp3) is 0.200.